The Morgan fingerprint density at radius 3 is 2.53 bits per heavy atom. The molecule has 188 valence electrons. The maximum Gasteiger partial charge on any atom is 0.273 e. The van der Waals surface area contributed by atoms with Gasteiger partial charge in [-0.15, -0.1) is 0 Å². The summed E-state index contributed by atoms with van der Waals surface area (Å²) in [7, 11) is 1.97. The van der Waals surface area contributed by atoms with Gasteiger partial charge in [-0.25, -0.2) is 4.98 Å². The summed E-state index contributed by atoms with van der Waals surface area (Å²) < 4.78 is 0. The second-order valence-corrected chi connectivity index (χ2v) is 10.3. The van der Waals surface area contributed by atoms with E-state index in [1.807, 2.05) is 55.1 Å². The summed E-state index contributed by atoms with van der Waals surface area (Å²) in [5.74, 6) is 1.90. The van der Waals surface area contributed by atoms with Gasteiger partial charge in [-0.05, 0) is 62.4 Å². The van der Waals surface area contributed by atoms with Crippen LogP contribution in [0.3, 0.4) is 0 Å². The summed E-state index contributed by atoms with van der Waals surface area (Å²) >= 11 is 0. The number of rotatable bonds is 8. The van der Waals surface area contributed by atoms with E-state index in [2.05, 4.69) is 34.6 Å². The number of carbonyl (C=O) groups excluding carboxylic acids is 1. The molecule has 7 nitrogen and oxygen atoms in total. The van der Waals surface area contributed by atoms with Crippen molar-refractivity contribution in [2.75, 3.05) is 23.8 Å². The number of hydrogen-bond donors (Lipinski definition) is 1. The van der Waals surface area contributed by atoms with E-state index in [0.29, 0.717) is 36.5 Å². The lowest BCUT2D eigenvalue weighted by Crippen LogP contribution is -2.31. The monoisotopic (exact) mass is 484 g/mol. The molecule has 1 N–H and O–H groups in total. The molecule has 2 aliphatic rings. The van der Waals surface area contributed by atoms with Gasteiger partial charge in [0, 0.05) is 49.2 Å². The van der Waals surface area contributed by atoms with Gasteiger partial charge in [-0.2, -0.15) is 4.98 Å². The lowest BCUT2D eigenvalue weighted by atomic mass is 9.84. The quantitative estimate of drug-likeness (QED) is 0.442. The highest BCUT2D eigenvalue weighted by Gasteiger charge is 2.34. The summed E-state index contributed by atoms with van der Waals surface area (Å²) in [5, 5.41) is 3.51. The molecule has 0 saturated heterocycles. The van der Waals surface area contributed by atoms with Gasteiger partial charge >= 0.3 is 0 Å². The van der Waals surface area contributed by atoms with Gasteiger partial charge in [0.1, 0.15) is 11.5 Å². The molecular weight excluding hydrogens is 448 g/mol. The zero-order chi connectivity index (χ0) is 25.1. The Balaban J connectivity index is 1.40. The molecule has 1 aliphatic heterocycles. The SMILES string of the molecule is CC(C)N1Cc2c(Nc3ccc(C4CCCCC4)cc3)nc(N(C)CCc3ccccn3)nc2C1=O. The van der Waals surface area contributed by atoms with Crippen LogP contribution < -0.4 is 10.2 Å². The molecular formula is C29H36N6O. The number of pyridine rings is 1. The normalized spacial score (nSPS) is 15.9. The first-order valence-electron chi connectivity index (χ1n) is 13.2. The molecule has 36 heavy (non-hydrogen) atoms. The molecule has 0 spiro atoms. The fourth-order valence-electron chi connectivity index (χ4n) is 5.21. The predicted molar refractivity (Wildman–Crippen MR) is 144 cm³/mol. The van der Waals surface area contributed by atoms with Crippen LogP contribution in [0.4, 0.5) is 17.5 Å². The van der Waals surface area contributed by atoms with Crippen molar-refractivity contribution in [2.24, 2.45) is 0 Å². The molecule has 1 fully saturated rings. The second kappa shape index (κ2) is 10.6. The van der Waals surface area contributed by atoms with Gasteiger partial charge in [0.25, 0.3) is 5.91 Å². The molecule has 1 aliphatic carbocycles. The minimum absolute atomic E-state index is 0.0301. The summed E-state index contributed by atoms with van der Waals surface area (Å²) in [6, 6.07) is 14.8. The minimum atomic E-state index is -0.0301. The second-order valence-electron chi connectivity index (χ2n) is 10.3. The van der Waals surface area contributed by atoms with Crippen LogP contribution in [0.15, 0.2) is 48.7 Å². The number of likely N-dealkylation sites (N-methyl/N-ethyl adjacent to an activating group) is 1. The van der Waals surface area contributed by atoms with Crippen LogP contribution in [-0.2, 0) is 13.0 Å². The van der Waals surface area contributed by atoms with Crippen molar-refractivity contribution in [3.63, 3.8) is 0 Å². The van der Waals surface area contributed by atoms with Crippen LogP contribution in [0.2, 0.25) is 0 Å². The first-order valence-corrected chi connectivity index (χ1v) is 13.2. The van der Waals surface area contributed by atoms with Crippen LogP contribution >= 0.6 is 0 Å². The van der Waals surface area contributed by atoms with Crippen molar-refractivity contribution in [1.29, 1.82) is 0 Å². The third-order valence-corrected chi connectivity index (χ3v) is 7.43. The van der Waals surface area contributed by atoms with Crippen molar-refractivity contribution in [2.45, 2.75) is 70.9 Å². The highest BCUT2D eigenvalue weighted by Crippen LogP contribution is 2.35. The van der Waals surface area contributed by atoms with Crippen LogP contribution in [0.25, 0.3) is 0 Å². The van der Waals surface area contributed by atoms with E-state index >= 15 is 0 Å². The molecule has 1 amide bonds. The van der Waals surface area contributed by atoms with Crippen molar-refractivity contribution >= 4 is 23.4 Å². The largest absolute Gasteiger partial charge is 0.343 e. The number of benzene rings is 1. The highest BCUT2D eigenvalue weighted by atomic mass is 16.2. The van der Waals surface area contributed by atoms with E-state index in [1.165, 1.54) is 37.7 Å². The highest BCUT2D eigenvalue weighted by molar-refractivity contribution is 5.98. The molecule has 2 aromatic heterocycles. The van der Waals surface area contributed by atoms with E-state index in [-0.39, 0.29) is 11.9 Å². The zero-order valence-electron chi connectivity index (χ0n) is 21.6. The minimum Gasteiger partial charge on any atom is -0.343 e. The van der Waals surface area contributed by atoms with E-state index in [4.69, 9.17) is 9.97 Å². The number of nitrogens with one attached hydrogen (secondary N) is 1. The molecule has 3 heterocycles. The standard InChI is InChI=1S/C29H36N6O/c1-20(2)35-19-25-26(28(35)36)32-29(34(3)18-16-23-11-7-8-17-30-23)33-27(25)31-24-14-12-22(13-15-24)21-9-5-4-6-10-21/h7-8,11-15,17,20-21H,4-6,9-10,16,18-19H2,1-3H3,(H,31,32,33). The number of hydrogen-bond acceptors (Lipinski definition) is 6. The Morgan fingerprint density at radius 1 is 1.06 bits per heavy atom. The maximum absolute atomic E-state index is 13.2. The first-order chi connectivity index (χ1) is 17.5. The third-order valence-electron chi connectivity index (χ3n) is 7.43. The molecule has 0 unspecified atom stereocenters. The Bertz CT molecular complexity index is 1190. The van der Waals surface area contributed by atoms with Gasteiger partial charge < -0.3 is 15.1 Å². The summed E-state index contributed by atoms with van der Waals surface area (Å²) in [6.07, 6.45) is 9.17. The van der Waals surface area contributed by atoms with E-state index < -0.39 is 0 Å². The van der Waals surface area contributed by atoms with E-state index in [9.17, 15) is 4.79 Å². The summed E-state index contributed by atoms with van der Waals surface area (Å²) in [5.41, 5.74) is 4.79. The van der Waals surface area contributed by atoms with Crippen LogP contribution in [0.1, 0.15) is 79.2 Å². The third kappa shape index (κ3) is 5.20. The summed E-state index contributed by atoms with van der Waals surface area (Å²) in [6.45, 7) is 5.29. The number of aromatic nitrogens is 3. The Morgan fingerprint density at radius 2 is 1.83 bits per heavy atom. The summed E-state index contributed by atoms with van der Waals surface area (Å²) in [4.78, 5) is 31.1. The molecule has 1 aromatic carbocycles. The smallest absolute Gasteiger partial charge is 0.273 e. The van der Waals surface area contributed by atoms with E-state index in [1.54, 1.807) is 0 Å². The van der Waals surface area contributed by atoms with Gasteiger partial charge in [-0.3, -0.25) is 9.78 Å². The molecule has 1 saturated carbocycles. The van der Waals surface area contributed by atoms with Gasteiger partial charge in [0.05, 0.1) is 6.54 Å². The number of fused-ring (bicyclic) bond motifs is 1. The van der Waals surface area contributed by atoms with Crippen molar-refractivity contribution in [1.82, 2.24) is 19.9 Å². The number of carbonyl (C=O) groups is 1. The van der Waals surface area contributed by atoms with Crippen molar-refractivity contribution in [3.05, 3.63) is 71.2 Å². The van der Waals surface area contributed by atoms with Gasteiger partial charge in [0.15, 0.2) is 0 Å². The fraction of sp³-hybridized carbons (Fsp3) is 0.448. The number of nitrogens with zero attached hydrogens (tertiary/aromatic N) is 5. The van der Waals surface area contributed by atoms with Crippen molar-refractivity contribution < 1.29 is 4.79 Å². The average molecular weight is 485 g/mol. The van der Waals surface area contributed by atoms with Crippen LogP contribution in [0.5, 0.6) is 0 Å². The average Bonchev–Trinajstić information content (AvgIpc) is 3.26. The zero-order valence-corrected chi connectivity index (χ0v) is 21.6. The lowest BCUT2D eigenvalue weighted by molar-refractivity contribution is 0.0726. The number of anilines is 3. The Hall–Kier alpha value is -3.48. The molecule has 0 atom stereocenters. The molecule has 5 rings (SSSR count). The molecule has 0 radical (unpaired) electrons. The van der Waals surface area contributed by atoms with Gasteiger partial charge in [-0.1, -0.05) is 37.5 Å². The Kier molecular flexibility index (Phi) is 7.16. The maximum atomic E-state index is 13.2. The van der Waals surface area contributed by atoms with E-state index in [0.717, 1.165) is 23.4 Å². The molecule has 0 bridgehead atoms. The lowest BCUT2D eigenvalue weighted by Gasteiger charge is -2.22. The number of amides is 1. The molecule has 3 aromatic rings. The topological polar surface area (TPSA) is 74.2 Å². The van der Waals surface area contributed by atoms with Gasteiger partial charge in [0.2, 0.25) is 5.95 Å². The van der Waals surface area contributed by atoms with Crippen LogP contribution in [-0.4, -0.2) is 45.4 Å². The first kappa shape index (κ1) is 24.2. The van der Waals surface area contributed by atoms with Crippen molar-refractivity contribution in [3.8, 4) is 0 Å². The predicted octanol–water partition coefficient (Wildman–Crippen LogP) is 5.71. The van der Waals surface area contributed by atoms with Crippen LogP contribution in [0, 0.1) is 0 Å². The Labute approximate surface area is 214 Å². The fourth-order valence-corrected chi connectivity index (χ4v) is 5.21. The molecule has 7 heteroatoms.